The van der Waals surface area contributed by atoms with E-state index in [4.69, 9.17) is 35.5 Å². The van der Waals surface area contributed by atoms with Crippen LogP contribution in [0.5, 0.6) is 11.5 Å². The predicted molar refractivity (Wildman–Crippen MR) is 266 cm³/mol. The van der Waals surface area contributed by atoms with Crippen LogP contribution >= 0.6 is 0 Å². The molecule has 12 heteroatoms. The van der Waals surface area contributed by atoms with Gasteiger partial charge in [0.2, 0.25) is 0 Å². The van der Waals surface area contributed by atoms with E-state index in [0.29, 0.717) is 38.1 Å². The molecule has 8 aromatic rings. The maximum absolute atomic E-state index is 8.73. The third-order valence-electron chi connectivity index (χ3n) is 12.2. The Kier molecular flexibility index (Phi) is 15.2. The molecule has 12 nitrogen and oxygen atoms in total. The van der Waals surface area contributed by atoms with Crippen LogP contribution in [0.2, 0.25) is 0 Å². The van der Waals surface area contributed by atoms with Gasteiger partial charge in [0.15, 0.2) is 11.6 Å². The van der Waals surface area contributed by atoms with Crippen molar-refractivity contribution < 1.29 is 24.1 Å². The SMILES string of the molecule is Cc1ccc2c(c1)nc(N)c1ncc(CCc3ccc(OCCN4CCOCC4)cc3C)cc12.Cc1ccc2c(c1)nc(N)c1ncc(CCc3ccc(OCCOCCO)cc3C)cc12. The number of ether oxygens (including phenoxy) is 4. The minimum Gasteiger partial charge on any atom is -0.492 e. The number of aromatic nitrogens is 4. The lowest BCUT2D eigenvalue weighted by molar-refractivity contribution is 0.0322. The van der Waals surface area contributed by atoms with Crippen LogP contribution in [0.4, 0.5) is 11.6 Å². The minimum atomic E-state index is 0.0285. The fraction of sp³-hybridized carbons (Fsp3) is 0.333. The number of fused-ring (bicyclic) bond motifs is 6. The van der Waals surface area contributed by atoms with Gasteiger partial charge >= 0.3 is 0 Å². The first-order valence-corrected chi connectivity index (χ1v) is 22.9. The van der Waals surface area contributed by atoms with Crippen LogP contribution in [0.1, 0.15) is 44.5 Å². The van der Waals surface area contributed by atoms with Crippen molar-refractivity contribution in [1.82, 2.24) is 24.8 Å². The highest BCUT2D eigenvalue weighted by Gasteiger charge is 2.13. The number of hydrogen-bond acceptors (Lipinski definition) is 12. The normalized spacial score (nSPS) is 13.0. The second-order valence-electron chi connectivity index (χ2n) is 17.2. The number of nitrogen functional groups attached to an aromatic ring is 2. The molecule has 5 N–H and O–H groups in total. The largest absolute Gasteiger partial charge is 0.492 e. The second-order valence-corrected chi connectivity index (χ2v) is 17.2. The monoisotopic (exact) mass is 887 g/mol. The van der Waals surface area contributed by atoms with Gasteiger partial charge in [0, 0.05) is 53.6 Å². The van der Waals surface area contributed by atoms with Crippen LogP contribution in [0.3, 0.4) is 0 Å². The molecular formula is C54H61N7O5. The van der Waals surface area contributed by atoms with Gasteiger partial charge in [0.25, 0.3) is 0 Å². The van der Waals surface area contributed by atoms with Gasteiger partial charge in [-0.15, -0.1) is 0 Å². The molecule has 0 bridgehead atoms. The highest BCUT2D eigenvalue weighted by molar-refractivity contribution is 6.09. The fourth-order valence-corrected chi connectivity index (χ4v) is 8.54. The molecule has 0 unspecified atom stereocenters. The lowest BCUT2D eigenvalue weighted by Crippen LogP contribution is -2.38. The second kappa shape index (κ2) is 21.7. The molecule has 0 spiro atoms. The van der Waals surface area contributed by atoms with E-state index in [1.807, 2.05) is 18.5 Å². The number of morpholine rings is 1. The van der Waals surface area contributed by atoms with E-state index >= 15 is 0 Å². The van der Waals surface area contributed by atoms with E-state index in [2.05, 4.69) is 131 Å². The first kappa shape index (κ1) is 46.1. The smallest absolute Gasteiger partial charge is 0.150 e. The number of pyridine rings is 4. The average molecular weight is 888 g/mol. The van der Waals surface area contributed by atoms with Crippen molar-refractivity contribution in [3.05, 3.63) is 142 Å². The maximum atomic E-state index is 8.73. The van der Waals surface area contributed by atoms with Crippen LogP contribution in [0, 0.1) is 27.7 Å². The van der Waals surface area contributed by atoms with Crippen molar-refractivity contribution in [1.29, 1.82) is 0 Å². The lowest BCUT2D eigenvalue weighted by atomic mass is 9.99. The van der Waals surface area contributed by atoms with E-state index in [-0.39, 0.29) is 6.61 Å². The van der Waals surface area contributed by atoms with Crippen LogP contribution in [-0.4, -0.2) is 95.8 Å². The van der Waals surface area contributed by atoms with Crippen molar-refractivity contribution in [2.45, 2.75) is 53.4 Å². The zero-order valence-electron chi connectivity index (χ0n) is 38.6. The topological polar surface area (TPSA) is 164 Å². The van der Waals surface area contributed by atoms with Gasteiger partial charge < -0.3 is 35.5 Å². The van der Waals surface area contributed by atoms with E-state index < -0.39 is 0 Å². The Morgan fingerprint density at radius 2 is 1.09 bits per heavy atom. The Balaban J connectivity index is 0.000000180. The third-order valence-corrected chi connectivity index (χ3v) is 12.2. The Morgan fingerprint density at radius 3 is 1.59 bits per heavy atom. The molecule has 1 fully saturated rings. The van der Waals surface area contributed by atoms with Gasteiger partial charge in [-0.1, -0.05) is 36.4 Å². The van der Waals surface area contributed by atoms with Gasteiger partial charge in [-0.25, -0.2) is 9.97 Å². The van der Waals surface area contributed by atoms with Gasteiger partial charge in [0.05, 0.1) is 44.1 Å². The van der Waals surface area contributed by atoms with Crippen molar-refractivity contribution in [3.63, 3.8) is 0 Å². The summed E-state index contributed by atoms with van der Waals surface area (Å²) in [4.78, 5) is 20.7. The Morgan fingerprint density at radius 1 is 0.576 bits per heavy atom. The molecule has 4 aromatic carbocycles. The number of anilines is 2. The standard InChI is InChI=1S/C28H32N4O2.C26H29N3O3/c1-19-3-8-24-25-17-21(18-30-27(25)28(29)31-26(24)15-19)4-5-22-6-7-23(16-20(22)2)34-14-11-32-9-12-33-13-10-32;1-17-3-8-22-23-15-19(16-28-25(23)26(27)29-24(22)13-17)4-5-20-6-7-21(14-18(20)2)32-12-11-31-10-9-30/h3,6-8,15-18H,4-5,9-14H2,1-2H3,(H2,29,31);3,6-8,13-16,30H,4-5,9-12H2,1-2H3,(H2,27,29). The summed E-state index contributed by atoms with van der Waals surface area (Å²) in [5.41, 5.74) is 25.5. The molecule has 342 valence electrons. The molecule has 1 aliphatic heterocycles. The highest BCUT2D eigenvalue weighted by atomic mass is 16.5. The number of aliphatic hydroxyl groups is 1. The molecule has 66 heavy (non-hydrogen) atoms. The summed E-state index contributed by atoms with van der Waals surface area (Å²) in [5.74, 6) is 2.72. The summed E-state index contributed by atoms with van der Waals surface area (Å²) < 4.78 is 22.4. The first-order valence-electron chi connectivity index (χ1n) is 22.9. The summed E-state index contributed by atoms with van der Waals surface area (Å²) in [6.07, 6.45) is 7.49. The zero-order chi connectivity index (χ0) is 46.0. The zero-order valence-corrected chi connectivity index (χ0v) is 38.6. The van der Waals surface area contributed by atoms with Crippen LogP contribution < -0.4 is 20.9 Å². The average Bonchev–Trinajstić information content (AvgIpc) is 3.31. The van der Waals surface area contributed by atoms with Crippen molar-refractivity contribution in [2.75, 3.05) is 77.3 Å². The Bertz CT molecular complexity index is 2950. The van der Waals surface area contributed by atoms with Crippen molar-refractivity contribution in [3.8, 4) is 11.5 Å². The summed E-state index contributed by atoms with van der Waals surface area (Å²) in [5, 5.41) is 13.0. The molecule has 9 rings (SSSR count). The van der Waals surface area contributed by atoms with E-state index in [9.17, 15) is 0 Å². The predicted octanol–water partition coefficient (Wildman–Crippen LogP) is 8.63. The summed E-state index contributed by atoms with van der Waals surface area (Å²) >= 11 is 0. The molecule has 0 radical (unpaired) electrons. The Hall–Kier alpha value is -6.44. The molecule has 5 heterocycles. The van der Waals surface area contributed by atoms with E-state index in [0.717, 1.165) is 119 Å². The maximum Gasteiger partial charge on any atom is 0.150 e. The molecule has 0 saturated carbocycles. The van der Waals surface area contributed by atoms with Crippen LogP contribution in [-0.2, 0) is 35.2 Å². The molecule has 4 aromatic heterocycles. The number of aliphatic hydroxyl groups excluding tert-OH is 1. The number of hydrogen-bond donors (Lipinski definition) is 3. The van der Waals surface area contributed by atoms with Crippen molar-refractivity contribution >= 4 is 55.2 Å². The van der Waals surface area contributed by atoms with E-state index in [1.54, 1.807) is 0 Å². The molecular weight excluding hydrogens is 827 g/mol. The minimum absolute atomic E-state index is 0.0285. The number of aryl methyl sites for hydroxylation is 8. The first-order chi connectivity index (χ1) is 32.1. The quantitative estimate of drug-likeness (QED) is 0.0626. The summed E-state index contributed by atoms with van der Waals surface area (Å²) in [6.45, 7) is 14.9. The molecule has 1 aliphatic rings. The van der Waals surface area contributed by atoms with Crippen molar-refractivity contribution in [2.24, 2.45) is 0 Å². The van der Waals surface area contributed by atoms with Gasteiger partial charge in [-0.05, 0) is 146 Å². The van der Waals surface area contributed by atoms with Gasteiger partial charge in [-0.3, -0.25) is 14.9 Å². The van der Waals surface area contributed by atoms with Crippen LogP contribution in [0.15, 0.2) is 97.3 Å². The van der Waals surface area contributed by atoms with E-state index in [1.165, 1.54) is 38.9 Å². The third kappa shape index (κ3) is 11.5. The lowest BCUT2D eigenvalue weighted by Gasteiger charge is -2.26. The molecule has 0 aliphatic carbocycles. The summed E-state index contributed by atoms with van der Waals surface area (Å²) in [6, 6.07) is 29.6. The van der Waals surface area contributed by atoms with Crippen LogP contribution in [0.25, 0.3) is 43.6 Å². The molecule has 1 saturated heterocycles. The number of nitrogens with zero attached hydrogens (tertiary/aromatic N) is 5. The number of benzene rings is 4. The fourth-order valence-electron chi connectivity index (χ4n) is 8.54. The molecule has 0 atom stereocenters. The Labute approximate surface area is 386 Å². The highest BCUT2D eigenvalue weighted by Crippen LogP contribution is 2.30. The van der Waals surface area contributed by atoms with Gasteiger partial charge in [0.1, 0.15) is 35.7 Å². The number of rotatable bonds is 16. The number of nitrogens with two attached hydrogens (primary N) is 2. The molecule has 0 amide bonds. The van der Waals surface area contributed by atoms with Gasteiger partial charge in [-0.2, -0.15) is 0 Å². The summed E-state index contributed by atoms with van der Waals surface area (Å²) in [7, 11) is 0.